The van der Waals surface area contributed by atoms with Crippen molar-refractivity contribution in [2.75, 3.05) is 27.2 Å². The van der Waals surface area contributed by atoms with Gasteiger partial charge in [-0.2, -0.15) is 52.7 Å². The van der Waals surface area contributed by atoms with Crippen LogP contribution >= 0.6 is 24.8 Å². The van der Waals surface area contributed by atoms with Crippen molar-refractivity contribution in [1.82, 2.24) is 19.6 Å². The van der Waals surface area contributed by atoms with Crippen LogP contribution in [0.5, 0.6) is 0 Å². The van der Waals surface area contributed by atoms with Gasteiger partial charge in [-0.1, -0.05) is 12.1 Å². The quantitative estimate of drug-likeness (QED) is 0.188. The summed E-state index contributed by atoms with van der Waals surface area (Å²) in [5.74, 6) is -0.886. The fourth-order valence-electron chi connectivity index (χ4n) is 8.40. The minimum atomic E-state index is -4.98. The number of halogens is 16. The number of urea groups is 2. The van der Waals surface area contributed by atoms with Crippen molar-refractivity contribution >= 4 is 36.9 Å². The van der Waals surface area contributed by atoms with Gasteiger partial charge in [-0.15, -0.1) is 24.8 Å². The number of amides is 4. The lowest BCUT2D eigenvalue weighted by Crippen LogP contribution is -2.49. The molecular weight excluding hydrogens is 1010 g/mol. The van der Waals surface area contributed by atoms with E-state index in [2.05, 4.69) is 0 Å². The lowest BCUT2D eigenvalue weighted by atomic mass is 9.90. The van der Waals surface area contributed by atoms with Gasteiger partial charge in [0.25, 0.3) is 0 Å². The molecule has 0 bridgehead atoms. The predicted molar refractivity (Wildman–Crippen MR) is 237 cm³/mol. The third-order valence-electron chi connectivity index (χ3n) is 11.7. The fraction of sp³-hybridized carbons (Fsp3) is 0.435. The zero-order valence-corrected chi connectivity index (χ0v) is 39.4. The number of nitrogens with two attached hydrogens (primary N) is 2. The normalized spacial score (nSPS) is 18.7. The number of hydrogen-bond acceptors (Lipinski definition) is 4. The van der Waals surface area contributed by atoms with E-state index < -0.39 is 95.8 Å². The Kier molecular flexibility index (Phi) is 19.5. The summed E-state index contributed by atoms with van der Waals surface area (Å²) >= 11 is 0. The molecule has 8 nitrogen and oxygen atoms in total. The minimum Gasteiger partial charge on any atom is -0.328 e. The SMILES string of the molecule is Cc1cc(F)ccc1[C@@H]1C[C@@H](N)CCN1C(=O)N(C)Cc1cc(C(F)(F)F)cc(C(F)(F)F)c1.Cc1cc(F)ccc1[C@H]1C[C@H](N)CCN1C(=O)N(C)Cc1cc(C(F)(F)F)cc(C(F)(F)F)c1.Cl.Cl. The average Bonchev–Trinajstić information content (AvgIpc) is 3.22. The minimum absolute atomic E-state index is 0. The van der Waals surface area contributed by atoms with Crippen molar-refractivity contribution in [2.45, 2.75) is 101 Å². The molecule has 388 valence electrons. The van der Waals surface area contributed by atoms with Crippen LogP contribution in [0.4, 0.5) is 71.1 Å². The third-order valence-corrected chi connectivity index (χ3v) is 11.7. The maximum absolute atomic E-state index is 13.6. The van der Waals surface area contributed by atoms with Gasteiger partial charge in [0.2, 0.25) is 0 Å². The molecule has 4 N–H and O–H groups in total. The Morgan fingerprint density at radius 3 is 1.07 bits per heavy atom. The molecule has 2 saturated heterocycles. The molecule has 0 radical (unpaired) electrons. The van der Waals surface area contributed by atoms with Gasteiger partial charge in [-0.05, 0) is 134 Å². The van der Waals surface area contributed by atoms with Crippen molar-refractivity contribution in [3.05, 3.63) is 140 Å². The zero-order chi connectivity index (χ0) is 50.8. The van der Waals surface area contributed by atoms with Crippen LogP contribution in [0, 0.1) is 25.5 Å². The van der Waals surface area contributed by atoms with Crippen LogP contribution in [0.3, 0.4) is 0 Å². The zero-order valence-electron chi connectivity index (χ0n) is 37.8. The molecule has 6 rings (SSSR count). The number of carbonyl (C=O) groups excluding carboxylic acids is 2. The molecule has 4 aromatic carbocycles. The number of hydrogen-bond donors (Lipinski definition) is 2. The number of likely N-dealkylation sites (tertiary alicyclic amines) is 2. The summed E-state index contributed by atoms with van der Waals surface area (Å²) in [6, 6.07) is 8.17. The number of aryl methyl sites for hydroxylation is 2. The van der Waals surface area contributed by atoms with Crippen LogP contribution < -0.4 is 11.5 Å². The van der Waals surface area contributed by atoms with E-state index in [-0.39, 0.29) is 73.2 Å². The molecule has 0 aromatic heterocycles. The van der Waals surface area contributed by atoms with Gasteiger partial charge in [0.15, 0.2) is 0 Å². The van der Waals surface area contributed by atoms with Gasteiger partial charge in [0.05, 0.1) is 34.3 Å². The van der Waals surface area contributed by atoms with E-state index in [4.69, 9.17) is 11.5 Å². The lowest BCUT2D eigenvalue weighted by molar-refractivity contribution is -0.144. The number of piperidine rings is 2. The second-order valence-electron chi connectivity index (χ2n) is 17.1. The van der Waals surface area contributed by atoms with Crippen LogP contribution in [0.2, 0.25) is 0 Å². The van der Waals surface area contributed by atoms with Crippen LogP contribution in [0.15, 0.2) is 72.8 Å². The van der Waals surface area contributed by atoms with Crippen LogP contribution in [0.1, 0.15) is 93.4 Å². The number of benzene rings is 4. The summed E-state index contributed by atoms with van der Waals surface area (Å²) in [5, 5.41) is 0. The standard InChI is InChI=1S/2C23H24F7N3O.2ClH/c2*1-13-7-17(24)3-4-19(13)20-11-18(31)5-6-33(20)21(34)32(2)12-14-8-15(22(25,26)27)10-16(9-14)23(28,29)30;;/h2*3-4,7-10,18,20H,5-6,11-12,31H2,1-2H3;2*1H/t2*18-,20-;;/m10../s1. The fourth-order valence-corrected chi connectivity index (χ4v) is 8.40. The van der Waals surface area contributed by atoms with Gasteiger partial charge in [0, 0.05) is 52.4 Å². The molecule has 0 saturated carbocycles. The molecule has 4 amide bonds. The van der Waals surface area contributed by atoms with Crippen molar-refractivity contribution in [3.63, 3.8) is 0 Å². The van der Waals surface area contributed by atoms with Gasteiger partial charge < -0.3 is 31.1 Å². The van der Waals surface area contributed by atoms with Crippen LogP contribution in [-0.2, 0) is 37.8 Å². The lowest BCUT2D eigenvalue weighted by Gasteiger charge is -2.41. The molecular formula is C46H50Cl2F14N6O2. The Morgan fingerprint density at radius 2 is 0.814 bits per heavy atom. The number of carbonyl (C=O) groups is 2. The monoisotopic (exact) mass is 1050 g/mol. The molecule has 4 atom stereocenters. The molecule has 4 aromatic rings. The van der Waals surface area contributed by atoms with E-state index in [9.17, 15) is 71.1 Å². The van der Waals surface area contributed by atoms with Gasteiger partial charge in [0.1, 0.15) is 11.6 Å². The highest BCUT2D eigenvalue weighted by Crippen LogP contribution is 2.40. The van der Waals surface area contributed by atoms with E-state index in [1.807, 2.05) is 0 Å². The topological polar surface area (TPSA) is 99.1 Å². The Morgan fingerprint density at radius 1 is 0.529 bits per heavy atom. The maximum atomic E-state index is 13.6. The van der Waals surface area contributed by atoms with Gasteiger partial charge in [-0.3, -0.25) is 0 Å². The summed E-state index contributed by atoms with van der Waals surface area (Å²) < 4.78 is 185. The van der Waals surface area contributed by atoms with E-state index in [0.29, 0.717) is 72.2 Å². The van der Waals surface area contributed by atoms with Crippen molar-refractivity contribution in [3.8, 4) is 0 Å². The highest BCUT2D eigenvalue weighted by molar-refractivity contribution is 5.85. The Labute approximate surface area is 406 Å². The molecule has 2 fully saturated rings. The molecule has 24 heteroatoms. The van der Waals surface area contributed by atoms with Crippen molar-refractivity contribution in [1.29, 1.82) is 0 Å². The summed E-state index contributed by atoms with van der Waals surface area (Å²) in [7, 11) is 2.61. The van der Waals surface area contributed by atoms with Crippen LogP contribution in [-0.4, -0.2) is 70.9 Å². The van der Waals surface area contributed by atoms with Gasteiger partial charge in [-0.25, -0.2) is 18.4 Å². The van der Waals surface area contributed by atoms with Crippen LogP contribution in [0.25, 0.3) is 0 Å². The Bertz CT molecular complexity index is 2220. The molecule has 0 unspecified atom stereocenters. The van der Waals surface area contributed by atoms with E-state index in [0.717, 1.165) is 9.80 Å². The van der Waals surface area contributed by atoms with Crippen molar-refractivity contribution in [2.24, 2.45) is 11.5 Å². The second kappa shape index (κ2) is 23.0. The first-order valence-electron chi connectivity index (χ1n) is 21.0. The number of nitrogens with zero attached hydrogens (tertiary/aromatic N) is 4. The third kappa shape index (κ3) is 15.0. The predicted octanol–water partition coefficient (Wildman–Crippen LogP) is 12.6. The Hall–Kier alpha value is -5.06. The number of alkyl halides is 12. The first-order chi connectivity index (χ1) is 31.3. The smallest absolute Gasteiger partial charge is 0.328 e. The summed E-state index contributed by atoms with van der Waals surface area (Å²) in [6.45, 7) is 2.91. The van der Waals surface area contributed by atoms with Gasteiger partial charge >= 0.3 is 36.8 Å². The maximum Gasteiger partial charge on any atom is 0.416 e. The average molecular weight is 1060 g/mol. The van der Waals surface area contributed by atoms with E-state index in [1.165, 1.54) is 48.2 Å². The first-order valence-corrected chi connectivity index (χ1v) is 21.0. The molecule has 2 heterocycles. The first kappa shape index (κ1) is 59.2. The largest absolute Gasteiger partial charge is 0.416 e. The summed E-state index contributed by atoms with van der Waals surface area (Å²) in [6.07, 6.45) is -18.2. The molecule has 2 aliphatic heterocycles. The summed E-state index contributed by atoms with van der Waals surface area (Å²) in [5.41, 5.74) is 8.34. The summed E-state index contributed by atoms with van der Waals surface area (Å²) in [4.78, 5) is 31.5. The Balaban J connectivity index is 0.000000360. The molecule has 0 spiro atoms. The number of rotatable bonds is 6. The van der Waals surface area contributed by atoms with E-state index >= 15 is 0 Å². The molecule has 70 heavy (non-hydrogen) atoms. The highest BCUT2D eigenvalue weighted by Gasteiger charge is 2.40. The van der Waals surface area contributed by atoms with Crippen molar-refractivity contribution < 1.29 is 71.1 Å². The highest BCUT2D eigenvalue weighted by atomic mass is 35.5. The van der Waals surface area contributed by atoms with E-state index in [1.54, 1.807) is 26.0 Å². The second-order valence-corrected chi connectivity index (χ2v) is 17.1. The molecule has 0 aliphatic carbocycles. The molecule has 2 aliphatic rings.